The van der Waals surface area contributed by atoms with E-state index in [9.17, 15) is 18.7 Å². The molecule has 4 aromatic rings. The molecule has 2 aromatic carbocycles. The number of carbonyl (C=O) groups is 1. The molecule has 2 aromatic heterocycles. The number of carboxylic acids is 1. The van der Waals surface area contributed by atoms with E-state index in [2.05, 4.69) is 9.97 Å². The minimum atomic E-state index is -1.00. The van der Waals surface area contributed by atoms with Crippen LogP contribution in [0.4, 0.5) is 8.78 Å². The highest BCUT2D eigenvalue weighted by atomic mass is 19.2. The van der Waals surface area contributed by atoms with E-state index in [1.807, 2.05) is 30.3 Å². The number of furan rings is 1. The molecule has 0 aliphatic heterocycles. The largest absolute Gasteiger partial charge is 0.481 e. The SMILES string of the molecule is O=C(O)C(Cc1ccco1)Cc1ncc(-c2ccccc2)nc1Cc1cccc(F)c1F. The van der Waals surface area contributed by atoms with Crippen molar-refractivity contribution in [3.05, 3.63) is 107 Å². The van der Waals surface area contributed by atoms with Crippen molar-refractivity contribution in [2.75, 3.05) is 0 Å². The summed E-state index contributed by atoms with van der Waals surface area (Å²) in [4.78, 5) is 21.0. The van der Waals surface area contributed by atoms with E-state index in [-0.39, 0.29) is 24.8 Å². The Kier molecular flexibility index (Phi) is 6.35. The fourth-order valence-electron chi connectivity index (χ4n) is 3.53. The van der Waals surface area contributed by atoms with Gasteiger partial charge in [0.25, 0.3) is 0 Å². The normalized spacial score (nSPS) is 11.9. The van der Waals surface area contributed by atoms with Gasteiger partial charge in [-0.1, -0.05) is 42.5 Å². The Morgan fingerprint density at radius 2 is 1.78 bits per heavy atom. The summed E-state index contributed by atoms with van der Waals surface area (Å²) in [6.45, 7) is 0. The third-order valence-corrected chi connectivity index (χ3v) is 5.21. The summed E-state index contributed by atoms with van der Waals surface area (Å²) in [6, 6.07) is 16.7. The zero-order valence-corrected chi connectivity index (χ0v) is 17.0. The van der Waals surface area contributed by atoms with Gasteiger partial charge in [0, 0.05) is 24.8 Å². The molecule has 0 bridgehead atoms. The molecule has 0 fully saturated rings. The average Bonchev–Trinajstić information content (AvgIpc) is 3.31. The number of carboxylic acid groups (broad SMARTS) is 1. The molecule has 0 aliphatic carbocycles. The summed E-state index contributed by atoms with van der Waals surface area (Å²) in [5.74, 6) is -3.16. The van der Waals surface area contributed by atoms with Crippen LogP contribution in [0.1, 0.15) is 22.7 Å². The maximum atomic E-state index is 14.4. The van der Waals surface area contributed by atoms with Gasteiger partial charge in [-0.2, -0.15) is 0 Å². The first-order chi connectivity index (χ1) is 15.5. The molecular formula is C25H20F2N2O3. The molecular weight excluding hydrogens is 414 g/mol. The van der Waals surface area contributed by atoms with E-state index in [0.29, 0.717) is 22.8 Å². The molecule has 162 valence electrons. The highest BCUT2D eigenvalue weighted by Crippen LogP contribution is 2.23. The van der Waals surface area contributed by atoms with Gasteiger partial charge < -0.3 is 9.52 Å². The highest BCUT2D eigenvalue weighted by molar-refractivity contribution is 5.70. The van der Waals surface area contributed by atoms with Crippen molar-refractivity contribution in [3.8, 4) is 11.3 Å². The van der Waals surface area contributed by atoms with Crippen LogP contribution in [0.2, 0.25) is 0 Å². The standard InChI is InChI=1S/C25H20F2N2O3/c26-20-10-4-8-17(24(20)27)13-22-21(14-18(25(30)31)12-19-9-5-11-32-19)28-15-23(29-22)16-6-2-1-3-7-16/h1-11,15,18H,12-14H2,(H,30,31). The quantitative estimate of drug-likeness (QED) is 0.418. The maximum absolute atomic E-state index is 14.4. The van der Waals surface area contributed by atoms with Gasteiger partial charge in [0.15, 0.2) is 11.6 Å². The molecule has 1 N–H and O–H groups in total. The second kappa shape index (κ2) is 9.51. The highest BCUT2D eigenvalue weighted by Gasteiger charge is 2.24. The molecule has 32 heavy (non-hydrogen) atoms. The lowest BCUT2D eigenvalue weighted by atomic mass is 9.95. The maximum Gasteiger partial charge on any atom is 0.307 e. The van der Waals surface area contributed by atoms with Crippen LogP contribution in [0.3, 0.4) is 0 Å². The van der Waals surface area contributed by atoms with E-state index in [1.54, 1.807) is 18.3 Å². The molecule has 7 heteroatoms. The molecule has 0 spiro atoms. The predicted octanol–water partition coefficient (Wildman–Crippen LogP) is 5.09. The second-order valence-corrected chi connectivity index (χ2v) is 7.43. The van der Waals surface area contributed by atoms with Crippen LogP contribution in [-0.4, -0.2) is 21.0 Å². The lowest BCUT2D eigenvalue weighted by Crippen LogP contribution is -2.21. The van der Waals surface area contributed by atoms with Crippen molar-refractivity contribution in [1.82, 2.24) is 9.97 Å². The van der Waals surface area contributed by atoms with Gasteiger partial charge in [-0.3, -0.25) is 9.78 Å². The van der Waals surface area contributed by atoms with Crippen LogP contribution in [0.5, 0.6) is 0 Å². The van der Waals surface area contributed by atoms with Gasteiger partial charge >= 0.3 is 5.97 Å². The molecule has 4 rings (SSSR count). The smallest absolute Gasteiger partial charge is 0.307 e. The van der Waals surface area contributed by atoms with Gasteiger partial charge in [-0.15, -0.1) is 0 Å². The molecule has 0 saturated carbocycles. The molecule has 0 amide bonds. The average molecular weight is 434 g/mol. The monoisotopic (exact) mass is 434 g/mol. The van der Waals surface area contributed by atoms with Crippen LogP contribution >= 0.6 is 0 Å². The molecule has 2 heterocycles. The third-order valence-electron chi connectivity index (χ3n) is 5.21. The summed E-state index contributed by atoms with van der Waals surface area (Å²) >= 11 is 0. The Labute approximate surface area is 183 Å². The lowest BCUT2D eigenvalue weighted by molar-refractivity contribution is -0.141. The summed E-state index contributed by atoms with van der Waals surface area (Å²) in [5, 5.41) is 9.73. The van der Waals surface area contributed by atoms with Crippen molar-refractivity contribution < 1.29 is 23.1 Å². The molecule has 0 saturated heterocycles. The first kappa shape index (κ1) is 21.4. The molecule has 0 radical (unpaired) electrons. The van der Waals surface area contributed by atoms with Crippen molar-refractivity contribution in [2.24, 2.45) is 5.92 Å². The second-order valence-electron chi connectivity index (χ2n) is 7.43. The van der Waals surface area contributed by atoms with Crippen molar-refractivity contribution in [3.63, 3.8) is 0 Å². The predicted molar refractivity (Wildman–Crippen MR) is 114 cm³/mol. The van der Waals surface area contributed by atoms with Crippen LogP contribution in [0.25, 0.3) is 11.3 Å². The van der Waals surface area contributed by atoms with Crippen molar-refractivity contribution in [1.29, 1.82) is 0 Å². The fourth-order valence-corrected chi connectivity index (χ4v) is 3.53. The molecule has 0 aliphatic rings. The minimum absolute atomic E-state index is 0.0142. The number of aromatic nitrogens is 2. The summed E-state index contributed by atoms with van der Waals surface area (Å²) in [5.41, 5.74) is 2.34. The van der Waals surface area contributed by atoms with Crippen LogP contribution < -0.4 is 0 Å². The summed E-state index contributed by atoms with van der Waals surface area (Å²) in [7, 11) is 0. The first-order valence-corrected chi connectivity index (χ1v) is 10.1. The van der Waals surface area contributed by atoms with Crippen molar-refractivity contribution >= 4 is 5.97 Å². The number of hydrogen-bond acceptors (Lipinski definition) is 4. The van der Waals surface area contributed by atoms with Crippen molar-refractivity contribution in [2.45, 2.75) is 19.3 Å². The number of aliphatic carboxylic acids is 1. The van der Waals surface area contributed by atoms with Crippen LogP contribution in [-0.2, 0) is 24.1 Å². The summed E-state index contributed by atoms with van der Waals surface area (Å²) in [6.07, 6.45) is 3.30. The lowest BCUT2D eigenvalue weighted by Gasteiger charge is -2.15. The topological polar surface area (TPSA) is 76.2 Å². The molecule has 5 nitrogen and oxygen atoms in total. The summed E-state index contributed by atoms with van der Waals surface area (Å²) < 4.78 is 33.4. The van der Waals surface area contributed by atoms with Gasteiger partial charge in [0.1, 0.15) is 5.76 Å². The Balaban J connectivity index is 1.71. The Morgan fingerprint density at radius 1 is 0.969 bits per heavy atom. The van der Waals surface area contributed by atoms with Gasteiger partial charge in [0.05, 0.1) is 35.5 Å². The van der Waals surface area contributed by atoms with Gasteiger partial charge in [-0.05, 0) is 23.8 Å². The number of rotatable bonds is 8. The minimum Gasteiger partial charge on any atom is -0.481 e. The zero-order valence-electron chi connectivity index (χ0n) is 17.0. The fraction of sp³-hybridized carbons (Fsp3) is 0.160. The van der Waals surface area contributed by atoms with E-state index >= 15 is 0 Å². The first-order valence-electron chi connectivity index (χ1n) is 10.1. The van der Waals surface area contributed by atoms with Gasteiger partial charge in [-0.25, -0.2) is 13.8 Å². The number of benzene rings is 2. The van der Waals surface area contributed by atoms with Crippen LogP contribution in [0, 0.1) is 17.6 Å². The molecule has 1 atom stereocenters. The van der Waals surface area contributed by atoms with Gasteiger partial charge in [0.2, 0.25) is 0 Å². The third kappa shape index (κ3) is 4.88. The van der Waals surface area contributed by atoms with E-state index in [0.717, 1.165) is 11.6 Å². The number of halogens is 2. The van der Waals surface area contributed by atoms with E-state index in [4.69, 9.17) is 4.42 Å². The Bertz CT molecular complexity index is 1210. The van der Waals surface area contributed by atoms with E-state index in [1.165, 1.54) is 18.4 Å². The Hall–Kier alpha value is -3.87. The number of nitrogens with zero attached hydrogens (tertiary/aromatic N) is 2. The number of hydrogen-bond donors (Lipinski definition) is 1. The Morgan fingerprint density at radius 3 is 2.50 bits per heavy atom. The van der Waals surface area contributed by atoms with Crippen LogP contribution in [0.15, 0.2) is 77.5 Å². The van der Waals surface area contributed by atoms with E-state index < -0.39 is 23.5 Å². The zero-order chi connectivity index (χ0) is 22.5. The molecule has 1 unspecified atom stereocenters.